The van der Waals surface area contributed by atoms with E-state index in [0.717, 1.165) is 21.7 Å². The zero-order valence-electron chi connectivity index (χ0n) is 23.2. The molecule has 3 amide bonds. The Hall–Kier alpha value is -4.51. The number of carbonyl (C=O) groups is 3. The summed E-state index contributed by atoms with van der Waals surface area (Å²) in [5, 5.41) is 14.5. The number of thioether (sulfide) groups is 1. The van der Waals surface area contributed by atoms with Crippen LogP contribution in [0.1, 0.15) is 29.3 Å². The maximum atomic E-state index is 13.3. The lowest BCUT2D eigenvalue weighted by atomic mass is 10.2. The molecule has 0 radical (unpaired) electrons. The number of aromatic nitrogens is 1. The third kappa shape index (κ3) is 8.29. The van der Waals surface area contributed by atoms with E-state index in [1.54, 1.807) is 36.4 Å². The summed E-state index contributed by atoms with van der Waals surface area (Å²) in [5.41, 5.74) is 3.73. The molecule has 43 heavy (non-hydrogen) atoms. The minimum atomic E-state index is -0.458. The first-order chi connectivity index (χ1) is 21.0. The Kier molecular flexibility index (Phi) is 10.2. The predicted molar refractivity (Wildman–Crippen MR) is 177 cm³/mol. The second-order valence-electron chi connectivity index (χ2n) is 9.32. The molecule has 0 aliphatic rings. The zero-order valence-corrected chi connectivity index (χ0v) is 25.6. The SMILES string of the molecule is CCC(Sc1cccc(NC(=O)/C(=C/c2ccsc2)NC(=O)c2ccccc2)c1)C(=O)Nc1nc(-c2ccccc2)cs1. The monoisotopic (exact) mass is 624 g/mol. The lowest BCUT2D eigenvalue weighted by Gasteiger charge is -2.15. The average Bonchev–Trinajstić information content (AvgIpc) is 3.73. The van der Waals surface area contributed by atoms with E-state index in [-0.39, 0.29) is 22.8 Å². The van der Waals surface area contributed by atoms with Crippen molar-refractivity contribution in [2.24, 2.45) is 0 Å². The highest BCUT2D eigenvalue weighted by Crippen LogP contribution is 2.30. The molecule has 0 spiro atoms. The molecule has 2 aromatic heterocycles. The van der Waals surface area contributed by atoms with E-state index in [4.69, 9.17) is 0 Å². The second kappa shape index (κ2) is 14.6. The van der Waals surface area contributed by atoms with E-state index in [1.165, 1.54) is 34.4 Å². The fourth-order valence-corrected chi connectivity index (χ4v) is 6.41. The number of carbonyl (C=O) groups excluding carboxylic acids is 3. The molecule has 5 rings (SSSR count). The van der Waals surface area contributed by atoms with Crippen LogP contribution in [-0.4, -0.2) is 28.0 Å². The Morgan fingerprint density at radius 2 is 1.67 bits per heavy atom. The standard InChI is InChI=1S/C33H28N4O3S3/c1-2-29(32(40)37-33-36-28(21-42-33)23-10-5-3-6-11-23)43-26-15-9-14-25(19-26)34-31(39)27(18-22-16-17-41-20-22)35-30(38)24-12-7-4-8-13-24/h3-21,29H,2H2,1H3,(H,34,39)(H,35,38)(H,36,37,40)/b27-18-. The van der Waals surface area contributed by atoms with Gasteiger partial charge in [-0.05, 0) is 65.2 Å². The van der Waals surface area contributed by atoms with Gasteiger partial charge in [0.2, 0.25) is 5.91 Å². The fourth-order valence-electron chi connectivity index (χ4n) is 4.06. The first-order valence-corrected chi connectivity index (χ1v) is 16.2. The van der Waals surface area contributed by atoms with Crippen molar-refractivity contribution in [1.29, 1.82) is 0 Å². The number of amides is 3. The molecule has 1 atom stereocenters. The Morgan fingerprint density at radius 1 is 0.907 bits per heavy atom. The molecule has 0 aliphatic carbocycles. The maximum Gasteiger partial charge on any atom is 0.272 e. The van der Waals surface area contributed by atoms with Gasteiger partial charge in [-0.2, -0.15) is 11.3 Å². The van der Waals surface area contributed by atoms with Crippen molar-refractivity contribution in [3.05, 3.63) is 124 Å². The molecule has 3 aromatic carbocycles. The second-order valence-corrected chi connectivity index (χ2v) is 12.2. The highest BCUT2D eigenvalue weighted by molar-refractivity contribution is 8.00. The van der Waals surface area contributed by atoms with Crippen molar-refractivity contribution in [3.63, 3.8) is 0 Å². The number of thiazole rings is 1. The van der Waals surface area contributed by atoms with Crippen molar-refractivity contribution in [3.8, 4) is 11.3 Å². The Balaban J connectivity index is 1.25. The van der Waals surface area contributed by atoms with Gasteiger partial charge in [-0.15, -0.1) is 23.1 Å². The van der Waals surface area contributed by atoms with Crippen molar-refractivity contribution < 1.29 is 14.4 Å². The summed E-state index contributed by atoms with van der Waals surface area (Å²) in [6, 6.07) is 27.7. The molecule has 0 aliphatic heterocycles. The van der Waals surface area contributed by atoms with E-state index < -0.39 is 5.91 Å². The number of nitrogens with zero attached hydrogens (tertiary/aromatic N) is 1. The third-order valence-corrected chi connectivity index (χ3v) is 9.04. The summed E-state index contributed by atoms with van der Waals surface area (Å²) in [7, 11) is 0. The minimum absolute atomic E-state index is 0.120. The highest BCUT2D eigenvalue weighted by atomic mass is 32.2. The number of rotatable bonds is 11. The van der Waals surface area contributed by atoms with E-state index >= 15 is 0 Å². The third-order valence-electron chi connectivity index (χ3n) is 6.22. The number of hydrogen-bond acceptors (Lipinski definition) is 7. The Morgan fingerprint density at radius 3 is 2.40 bits per heavy atom. The zero-order chi connectivity index (χ0) is 30.0. The highest BCUT2D eigenvalue weighted by Gasteiger charge is 2.20. The van der Waals surface area contributed by atoms with Gasteiger partial charge < -0.3 is 16.0 Å². The first kappa shape index (κ1) is 30.0. The van der Waals surface area contributed by atoms with E-state index in [1.807, 2.05) is 83.7 Å². The summed E-state index contributed by atoms with van der Waals surface area (Å²) in [6.07, 6.45) is 2.24. The molecule has 1 unspecified atom stereocenters. The Bertz CT molecular complexity index is 1720. The van der Waals surface area contributed by atoms with Gasteiger partial charge >= 0.3 is 0 Å². The van der Waals surface area contributed by atoms with Crippen LogP contribution in [-0.2, 0) is 9.59 Å². The predicted octanol–water partition coefficient (Wildman–Crippen LogP) is 7.79. The molecule has 3 N–H and O–H groups in total. The van der Waals surface area contributed by atoms with Crippen molar-refractivity contribution >= 4 is 69.1 Å². The van der Waals surface area contributed by atoms with Crippen LogP contribution < -0.4 is 16.0 Å². The van der Waals surface area contributed by atoms with E-state index in [2.05, 4.69) is 20.9 Å². The topological polar surface area (TPSA) is 100 Å². The molecule has 10 heteroatoms. The smallest absolute Gasteiger partial charge is 0.272 e. The molecular weight excluding hydrogens is 597 g/mol. The molecule has 5 aromatic rings. The van der Waals surface area contributed by atoms with Crippen molar-refractivity contribution in [1.82, 2.24) is 10.3 Å². The number of nitrogens with one attached hydrogen (secondary N) is 3. The van der Waals surface area contributed by atoms with Gasteiger partial charge in [0.1, 0.15) is 5.70 Å². The summed E-state index contributed by atoms with van der Waals surface area (Å²) >= 11 is 4.30. The Labute approximate surface area is 262 Å². The normalized spacial score (nSPS) is 11.9. The molecule has 2 heterocycles. The minimum Gasteiger partial charge on any atom is -0.321 e. The fraction of sp³-hybridized carbons (Fsp3) is 0.0909. The van der Waals surface area contributed by atoms with Crippen molar-refractivity contribution in [2.75, 3.05) is 10.6 Å². The molecule has 7 nitrogen and oxygen atoms in total. The number of thiophene rings is 1. The molecule has 0 saturated heterocycles. The number of hydrogen-bond donors (Lipinski definition) is 3. The average molecular weight is 625 g/mol. The maximum absolute atomic E-state index is 13.3. The van der Waals surface area contributed by atoms with E-state index in [9.17, 15) is 14.4 Å². The van der Waals surface area contributed by atoms with Gasteiger partial charge in [-0.25, -0.2) is 4.98 Å². The summed E-state index contributed by atoms with van der Waals surface area (Å²) in [5.74, 6) is -0.977. The summed E-state index contributed by atoms with van der Waals surface area (Å²) < 4.78 is 0. The van der Waals surface area contributed by atoms with Crippen LogP contribution in [0.3, 0.4) is 0 Å². The van der Waals surface area contributed by atoms with Gasteiger partial charge in [0.05, 0.1) is 10.9 Å². The van der Waals surface area contributed by atoms with Crippen LogP contribution in [0.5, 0.6) is 0 Å². The lowest BCUT2D eigenvalue weighted by Crippen LogP contribution is -2.30. The largest absolute Gasteiger partial charge is 0.321 e. The van der Waals surface area contributed by atoms with Crippen LogP contribution in [0.2, 0.25) is 0 Å². The summed E-state index contributed by atoms with van der Waals surface area (Å²) in [4.78, 5) is 44.7. The van der Waals surface area contributed by atoms with Crippen molar-refractivity contribution in [2.45, 2.75) is 23.5 Å². The number of benzene rings is 3. The van der Waals surface area contributed by atoms with Crippen LogP contribution in [0.25, 0.3) is 17.3 Å². The first-order valence-electron chi connectivity index (χ1n) is 13.5. The van der Waals surface area contributed by atoms with Gasteiger partial charge in [0.25, 0.3) is 11.8 Å². The summed E-state index contributed by atoms with van der Waals surface area (Å²) in [6.45, 7) is 1.96. The van der Waals surface area contributed by atoms with Crippen LogP contribution in [0.4, 0.5) is 10.8 Å². The van der Waals surface area contributed by atoms with Gasteiger partial charge in [0, 0.05) is 27.1 Å². The van der Waals surface area contributed by atoms with Gasteiger partial charge in [-0.3, -0.25) is 14.4 Å². The number of anilines is 2. The molecule has 0 fully saturated rings. The molecular formula is C33H28N4O3S3. The quantitative estimate of drug-likeness (QED) is 0.103. The molecule has 0 saturated carbocycles. The molecule has 0 bridgehead atoms. The van der Waals surface area contributed by atoms with Gasteiger partial charge in [0.15, 0.2) is 5.13 Å². The van der Waals surface area contributed by atoms with Gasteiger partial charge in [-0.1, -0.05) is 61.5 Å². The van der Waals surface area contributed by atoms with Crippen LogP contribution in [0, 0.1) is 0 Å². The van der Waals surface area contributed by atoms with Crippen LogP contribution >= 0.6 is 34.4 Å². The van der Waals surface area contributed by atoms with E-state index in [0.29, 0.717) is 22.8 Å². The van der Waals surface area contributed by atoms with Crippen LogP contribution in [0.15, 0.2) is 118 Å². The molecule has 216 valence electrons. The lowest BCUT2D eigenvalue weighted by molar-refractivity contribution is -0.116.